The van der Waals surface area contributed by atoms with Crippen LogP contribution in [0.4, 0.5) is 83.4 Å². The minimum atomic E-state index is -5.51. The van der Waals surface area contributed by atoms with Gasteiger partial charge in [0.2, 0.25) is 34.9 Å². The highest BCUT2D eigenvalue weighted by Gasteiger charge is 2.58. The van der Waals surface area contributed by atoms with Crippen molar-refractivity contribution in [3.63, 3.8) is 0 Å². The van der Waals surface area contributed by atoms with Gasteiger partial charge in [-0.2, -0.15) is 13.2 Å². The smallest absolute Gasteiger partial charge is 0.528 e. The third-order valence-electron chi connectivity index (χ3n) is 6.56. The maximum atomic E-state index is 16.1. The summed E-state index contributed by atoms with van der Waals surface area (Å²) in [4.78, 5) is 0. The van der Waals surface area contributed by atoms with Crippen LogP contribution in [-0.4, -0.2) is 7.12 Å². The molecule has 1 aliphatic rings. The molecule has 0 saturated heterocycles. The Morgan fingerprint density at radius 3 is 1.30 bits per heavy atom. The van der Waals surface area contributed by atoms with Crippen molar-refractivity contribution in [2.45, 2.75) is 5.85 Å². The monoisotopic (exact) mass is 704 g/mol. The Labute approximate surface area is 244 Å². The maximum Gasteiger partial charge on any atom is 0.569 e. The van der Waals surface area contributed by atoms with E-state index in [-0.39, 0.29) is 0 Å². The highest BCUT2D eigenvalue weighted by Crippen LogP contribution is 2.53. The Balaban J connectivity index is 1.93. The van der Waals surface area contributed by atoms with Crippen molar-refractivity contribution in [2.75, 3.05) is 0 Å². The van der Waals surface area contributed by atoms with Gasteiger partial charge in [0.05, 0.1) is 16.5 Å². The molecule has 0 bridgehead atoms. The molecule has 47 heavy (non-hydrogen) atoms. The molecular formula is C25BF19O2. The molecule has 0 spiro atoms. The molecule has 0 aliphatic heterocycles. The zero-order valence-electron chi connectivity index (χ0n) is 21.1. The van der Waals surface area contributed by atoms with E-state index >= 15 is 8.78 Å². The lowest BCUT2D eigenvalue weighted by atomic mass is 9.74. The third kappa shape index (κ3) is 4.43. The summed E-state index contributed by atoms with van der Waals surface area (Å²) in [7, 11) is -4.34. The quantitative estimate of drug-likeness (QED) is 0.0902. The first-order valence-corrected chi connectivity index (χ1v) is 11.5. The molecule has 4 aromatic rings. The zero-order chi connectivity index (χ0) is 35.3. The van der Waals surface area contributed by atoms with Crippen molar-refractivity contribution in [3.05, 3.63) is 110 Å². The Morgan fingerprint density at radius 1 is 0.404 bits per heavy atom. The Kier molecular flexibility index (Phi) is 7.88. The first-order chi connectivity index (χ1) is 21.7. The fourth-order valence-corrected chi connectivity index (χ4v) is 4.44. The van der Waals surface area contributed by atoms with Crippen molar-refractivity contribution in [3.8, 4) is 5.75 Å². The minimum absolute atomic E-state index is 2.52. The summed E-state index contributed by atoms with van der Waals surface area (Å²) in [6.45, 7) is 0. The number of fused-ring (bicyclic) bond motifs is 2. The lowest BCUT2D eigenvalue weighted by Crippen LogP contribution is -2.48. The van der Waals surface area contributed by atoms with Gasteiger partial charge in [-0.1, -0.05) is 0 Å². The third-order valence-corrected chi connectivity index (χ3v) is 6.56. The van der Waals surface area contributed by atoms with E-state index in [4.69, 9.17) is 0 Å². The maximum absolute atomic E-state index is 16.1. The average molecular weight is 704 g/mol. The molecule has 1 aliphatic carbocycles. The Bertz CT molecular complexity index is 2080. The molecular weight excluding hydrogens is 704 g/mol. The normalized spacial score (nSPS) is 16.1. The average Bonchev–Trinajstić information content (AvgIpc) is 3.23. The van der Waals surface area contributed by atoms with E-state index in [1.165, 1.54) is 0 Å². The molecule has 0 saturated carbocycles. The van der Waals surface area contributed by atoms with Crippen LogP contribution in [0.3, 0.4) is 0 Å². The van der Waals surface area contributed by atoms with Gasteiger partial charge in [0.15, 0.2) is 75.6 Å². The van der Waals surface area contributed by atoms with Gasteiger partial charge >= 0.3 is 7.12 Å². The lowest BCUT2D eigenvalue weighted by molar-refractivity contribution is -0.0622. The molecule has 2 nitrogen and oxygen atoms in total. The van der Waals surface area contributed by atoms with Gasteiger partial charge in [-0.15, -0.1) is 0 Å². The summed E-state index contributed by atoms with van der Waals surface area (Å²) in [5.74, 6) is -63.5. The molecule has 0 radical (unpaired) electrons. The fraction of sp³-hybridized carbons (Fsp3) is 0.0400. The van der Waals surface area contributed by atoms with Crippen LogP contribution in [0.5, 0.6) is 5.75 Å². The summed E-state index contributed by atoms with van der Waals surface area (Å²) >= 11 is 0. The minimum Gasteiger partial charge on any atom is -0.528 e. The highest BCUT2D eigenvalue weighted by atomic mass is 19.2. The highest BCUT2D eigenvalue weighted by molar-refractivity contribution is 6.65. The van der Waals surface area contributed by atoms with E-state index in [0.717, 1.165) is 0 Å². The number of alkyl halides is 1. The Hall–Kier alpha value is -4.63. The van der Waals surface area contributed by atoms with E-state index in [2.05, 4.69) is 9.31 Å². The summed E-state index contributed by atoms with van der Waals surface area (Å²) in [5, 5.41) is -5.09. The van der Waals surface area contributed by atoms with Crippen LogP contribution in [0, 0.1) is 93.1 Å². The number of hydrogen-bond donors (Lipinski definition) is 0. The van der Waals surface area contributed by atoms with Gasteiger partial charge in [-0.05, 0) is 0 Å². The SMILES string of the molecule is FC1=C(F)C(F)(OB(Oc2c(F)c(F)c(F)c(F)c2F)c2c(F)c(F)c(F)c3c(F)c(F)c(F)c(F)c23)c2c(F)c(F)c(F)c(F)c21. The molecule has 4 aromatic carbocycles. The van der Waals surface area contributed by atoms with Crippen LogP contribution in [0.1, 0.15) is 11.1 Å². The van der Waals surface area contributed by atoms with Gasteiger partial charge in [-0.3, -0.25) is 0 Å². The van der Waals surface area contributed by atoms with Gasteiger partial charge in [0.25, 0.3) is 5.85 Å². The molecule has 0 amide bonds. The molecule has 0 aromatic heterocycles. The second kappa shape index (κ2) is 11.0. The van der Waals surface area contributed by atoms with Crippen molar-refractivity contribution < 1.29 is 92.7 Å². The van der Waals surface area contributed by atoms with Crippen molar-refractivity contribution in [2.24, 2.45) is 0 Å². The van der Waals surface area contributed by atoms with Crippen LogP contribution in [0.15, 0.2) is 5.83 Å². The van der Waals surface area contributed by atoms with Crippen molar-refractivity contribution >= 4 is 29.2 Å². The van der Waals surface area contributed by atoms with E-state index in [0.29, 0.717) is 0 Å². The molecule has 0 fully saturated rings. The predicted molar refractivity (Wildman–Crippen MR) is 115 cm³/mol. The van der Waals surface area contributed by atoms with Crippen LogP contribution in [0.2, 0.25) is 0 Å². The Morgan fingerprint density at radius 2 is 0.787 bits per heavy atom. The molecule has 22 heteroatoms. The summed E-state index contributed by atoms with van der Waals surface area (Å²) < 4.78 is 283. The van der Waals surface area contributed by atoms with Gasteiger partial charge in [0, 0.05) is 10.8 Å². The lowest BCUT2D eigenvalue weighted by Gasteiger charge is -2.27. The van der Waals surface area contributed by atoms with Crippen LogP contribution in [-0.2, 0) is 10.5 Å². The molecule has 5 rings (SSSR count). The fourth-order valence-electron chi connectivity index (χ4n) is 4.44. The van der Waals surface area contributed by atoms with E-state index < -0.39 is 151 Å². The number of benzene rings is 4. The second-order valence-electron chi connectivity index (χ2n) is 9.06. The molecule has 1 atom stereocenters. The van der Waals surface area contributed by atoms with Crippen molar-refractivity contribution in [1.82, 2.24) is 0 Å². The van der Waals surface area contributed by atoms with Gasteiger partial charge in [-0.25, -0.2) is 70.2 Å². The van der Waals surface area contributed by atoms with Gasteiger partial charge in [0.1, 0.15) is 0 Å². The van der Waals surface area contributed by atoms with Gasteiger partial charge < -0.3 is 9.31 Å². The first kappa shape index (κ1) is 33.7. The van der Waals surface area contributed by atoms with Crippen molar-refractivity contribution in [1.29, 1.82) is 0 Å². The van der Waals surface area contributed by atoms with Crippen LogP contribution >= 0.6 is 0 Å². The second-order valence-corrected chi connectivity index (χ2v) is 9.06. The topological polar surface area (TPSA) is 18.5 Å². The molecule has 0 heterocycles. The van der Waals surface area contributed by atoms with Crippen LogP contribution < -0.4 is 10.1 Å². The standard InChI is InChI=1S/C25BF19O2/c27-6-1-2(8(29)15(36)14(6)35)7(28)13(34)12(33)5(1)26(46-23-21(42)19(40)18(39)20(41)22(23)43)47-25(45)4-3(10(31)24(25)44)9(30)16(37)17(38)11(4)32. The summed E-state index contributed by atoms with van der Waals surface area (Å²) in [6.07, 6.45) is 0. The van der Waals surface area contributed by atoms with E-state index in [1.807, 2.05) is 0 Å². The van der Waals surface area contributed by atoms with E-state index in [9.17, 15) is 74.6 Å². The molecule has 1 unspecified atom stereocenters. The van der Waals surface area contributed by atoms with Crippen LogP contribution in [0.25, 0.3) is 16.6 Å². The molecule has 0 N–H and O–H groups in total. The number of hydrogen-bond acceptors (Lipinski definition) is 2. The number of rotatable bonds is 5. The largest absolute Gasteiger partial charge is 0.569 e. The number of halogens is 19. The first-order valence-electron chi connectivity index (χ1n) is 11.5. The molecule has 248 valence electrons. The summed E-state index contributed by atoms with van der Waals surface area (Å²) in [5.41, 5.74) is -8.02. The van der Waals surface area contributed by atoms with E-state index in [1.54, 1.807) is 0 Å². The predicted octanol–water partition coefficient (Wildman–Crippen LogP) is 8.30. The zero-order valence-corrected chi connectivity index (χ0v) is 21.1. The summed E-state index contributed by atoms with van der Waals surface area (Å²) in [6, 6.07) is 0.